The number of hydrogen-bond donors (Lipinski definition) is 2. The van der Waals surface area contributed by atoms with Crippen molar-refractivity contribution in [3.63, 3.8) is 0 Å². The first kappa shape index (κ1) is 19.2. The summed E-state index contributed by atoms with van der Waals surface area (Å²) in [6.07, 6.45) is 6.68. The van der Waals surface area contributed by atoms with E-state index >= 15 is 0 Å². The molecule has 2 N–H and O–H groups in total. The van der Waals surface area contributed by atoms with Crippen LogP contribution >= 0.6 is 0 Å². The molecule has 0 saturated carbocycles. The molecule has 0 aromatic carbocycles. The Morgan fingerprint density at radius 2 is 2.04 bits per heavy atom. The van der Waals surface area contributed by atoms with E-state index in [0.717, 1.165) is 50.9 Å². The van der Waals surface area contributed by atoms with E-state index in [2.05, 4.69) is 34.5 Å². The van der Waals surface area contributed by atoms with E-state index in [9.17, 15) is 0 Å². The molecule has 6 nitrogen and oxygen atoms in total. The SMILES string of the molecule is CCCCOCCCN=C(NCC)NCCOc1cccnc1. The number of unbranched alkanes of at least 4 members (excludes halogenated alkanes) is 1. The predicted molar refractivity (Wildman–Crippen MR) is 94.1 cm³/mol. The monoisotopic (exact) mass is 322 g/mol. The minimum absolute atomic E-state index is 0.566. The van der Waals surface area contributed by atoms with Crippen molar-refractivity contribution in [2.24, 2.45) is 4.99 Å². The number of aromatic nitrogens is 1. The first-order chi connectivity index (χ1) is 11.4. The molecular formula is C17H30N4O2. The molecule has 0 atom stereocenters. The summed E-state index contributed by atoms with van der Waals surface area (Å²) in [5.74, 6) is 1.59. The van der Waals surface area contributed by atoms with Gasteiger partial charge in [-0.3, -0.25) is 9.98 Å². The minimum atomic E-state index is 0.566. The van der Waals surface area contributed by atoms with E-state index in [1.165, 1.54) is 6.42 Å². The zero-order valence-corrected chi connectivity index (χ0v) is 14.4. The molecule has 0 aliphatic heterocycles. The number of aliphatic imine (C=N–C) groups is 1. The Hall–Kier alpha value is -1.82. The lowest BCUT2D eigenvalue weighted by atomic mass is 10.4. The predicted octanol–water partition coefficient (Wildman–Crippen LogP) is 2.22. The lowest BCUT2D eigenvalue weighted by molar-refractivity contribution is 0.130. The van der Waals surface area contributed by atoms with Crippen LogP contribution in [0.5, 0.6) is 5.75 Å². The fourth-order valence-corrected chi connectivity index (χ4v) is 1.82. The lowest BCUT2D eigenvalue weighted by Crippen LogP contribution is -2.39. The number of hydrogen-bond acceptors (Lipinski definition) is 4. The van der Waals surface area contributed by atoms with Crippen molar-refractivity contribution >= 4 is 5.96 Å². The molecule has 23 heavy (non-hydrogen) atoms. The van der Waals surface area contributed by atoms with E-state index in [1.807, 2.05) is 12.1 Å². The Kier molecular flexibility index (Phi) is 11.5. The number of nitrogens with one attached hydrogen (secondary N) is 2. The highest BCUT2D eigenvalue weighted by atomic mass is 16.5. The largest absolute Gasteiger partial charge is 0.490 e. The Bertz CT molecular complexity index is 412. The van der Waals surface area contributed by atoms with Crippen LogP contribution in [-0.4, -0.2) is 50.4 Å². The standard InChI is InChI=1S/C17H30N4O2/c1-3-5-12-22-13-7-10-20-17(19-4-2)21-11-14-23-16-8-6-9-18-15-16/h6,8-9,15H,3-5,7,10-14H2,1-2H3,(H2,19,20,21). The zero-order valence-electron chi connectivity index (χ0n) is 14.4. The Labute approximate surface area is 139 Å². The second-order valence-corrected chi connectivity index (χ2v) is 5.04. The molecule has 1 rings (SSSR count). The third kappa shape index (κ3) is 10.5. The summed E-state index contributed by atoms with van der Waals surface area (Å²) in [5, 5.41) is 6.48. The van der Waals surface area contributed by atoms with Crippen LogP contribution in [0.1, 0.15) is 33.1 Å². The Balaban J connectivity index is 2.13. The molecular weight excluding hydrogens is 292 g/mol. The zero-order chi connectivity index (χ0) is 16.6. The molecule has 0 unspecified atom stereocenters. The molecule has 0 radical (unpaired) electrons. The van der Waals surface area contributed by atoms with Crippen molar-refractivity contribution < 1.29 is 9.47 Å². The van der Waals surface area contributed by atoms with Crippen molar-refractivity contribution in [2.75, 3.05) is 39.5 Å². The van der Waals surface area contributed by atoms with E-state index < -0.39 is 0 Å². The quantitative estimate of drug-likeness (QED) is 0.351. The van der Waals surface area contributed by atoms with E-state index in [4.69, 9.17) is 9.47 Å². The Morgan fingerprint density at radius 3 is 2.78 bits per heavy atom. The van der Waals surface area contributed by atoms with E-state index in [0.29, 0.717) is 13.2 Å². The average Bonchev–Trinajstić information content (AvgIpc) is 2.58. The van der Waals surface area contributed by atoms with Gasteiger partial charge in [-0.25, -0.2) is 0 Å². The van der Waals surface area contributed by atoms with Crippen molar-refractivity contribution in [2.45, 2.75) is 33.1 Å². The summed E-state index contributed by atoms with van der Waals surface area (Å²) < 4.78 is 11.1. The van der Waals surface area contributed by atoms with Crippen LogP contribution in [0.4, 0.5) is 0 Å². The molecule has 0 bridgehead atoms. The minimum Gasteiger partial charge on any atom is -0.490 e. The second kappa shape index (κ2) is 13.8. The van der Waals surface area contributed by atoms with Crippen molar-refractivity contribution in [1.82, 2.24) is 15.6 Å². The van der Waals surface area contributed by atoms with Gasteiger partial charge in [0.05, 0.1) is 12.7 Å². The molecule has 0 spiro atoms. The smallest absolute Gasteiger partial charge is 0.191 e. The molecule has 0 fully saturated rings. The highest BCUT2D eigenvalue weighted by Crippen LogP contribution is 2.04. The van der Waals surface area contributed by atoms with Gasteiger partial charge >= 0.3 is 0 Å². The second-order valence-electron chi connectivity index (χ2n) is 5.04. The van der Waals surface area contributed by atoms with Crippen LogP contribution in [-0.2, 0) is 4.74 Å². The third-order valence-electron chi connectivity index (χ3n) is 3.00. The number of ether oxygens (including phenoxy) is 2. The molecule has 0 aliphatic carbocycles. The summed E-state index contributed by atoms with van der Waals surface area (Å²) in [4.78, 5) is 8.53. The summed E-state index contributed by atoms with van der Waals surface area (Å²) in [6.45, 7) is 8.69. The van der Waals surface area contributed by atoms with Crippen LogP contribution in [0.3, 0.4) is 0 Å². The van der Waals surface area contributed by atoms with Crippen LogP contribution < -0.4 is 15.4 Å². The molecule has 1 aromatic rings. The molecule has 0 saturated heterocycles. The molecule has 1 heterocycles. The summed E-state index contributed by atoms with van der Waals surface area (Å²) in [7, 11) is 0. The maximum Gasteiger partial charge on any atom is 0.191 e. The van der Waals surface area contributed by atoms with Crippen molar-refractivity contribution in [3.8, 4) is 5.75 Å². The maximum atomic E-state index is 5.59. The van der Waals surface area contributed by atoms with Gasteiger partial charge < -0.3 is 20.1 Å². The van der Waals surface area contributed by atoms with E-state index in [1.54, 1.807) is 12.4 Å². The van der Waals surface area contributed by atoms with Gasteiger partial charge in [0, 0.05) is 32.5 Å². The molecule has 0 aliphatic rings. The highest BCUT2D eigenvalue weighted by Gasteiger charge is 1.97. The van der Waals surface area contributed by atoms with Gasteiger partial charge in [0.1, 0.15) is 12.4 Å². The maximum absolute atomic E-state index is 5.59. The molecule has 130 valence electrons. The van der Waals surface area contributed by atoms with Crippen LogP contribution in [0.15, 0.2) is 29.5 Å². The fourth-order valence-electron chi connectivity index (χ4n) is 1.82. The van der Waals surface area contributed by atoms with Gasteiger partial charge in [-0.2, -0.15) is 0 Å². The van der Waals surface area contributed by atoms with Crippen molar-refractivity contribution in [3.05, 3.63) is 24.5 Å². The molecule has 6 heteroatoms. The highest BCUT2D eigenvalue weighted by molar-refractivity contribution is 5.79. The van der Waals surface area contributed by atoms with Crippen LogP contribution in [0, 0.1) is 0 Å². The number of pyridine rings is 1. The van der Waals surface area contributed by atoms with Gasteiger partial charge in [0.2, 0.25) is 0 Å². The van der Waals surface area contributed by atoms with Gasteiger partial charge in [-0.05, 0) is 31.9 Å². The number of nitrogens with zero attached hydrogens (tertiary/aromatic N) is 2. The number of rotatable bonds is 12. The lowest BCUT2D eigenvalue weighted by Gasteiger charge is -2.12. The Morgan fingerprint density at radius 1 is 1.17 bits per heavy atom. The first-order valence-electron chi connectivity index (χ1n) is 8.49. The van der Waals surface area contributed by atoms with E-state index in [-0.39, 0.29) is 0 Å². The van der Waals surface area contributed by atoms with Crippen LogP contribution in [0.25, 0.3) is 0 Å². The summed E-state index contributed by atoms with van der Waals surface area (Å²) in [5.41, 5.74) is 0. The van der Waals surface area contributed by atoms with Gasteiger partial charge in [0.25, 0.3) is 0 Å². The van der Waals surface area contributed by atoms with Gasteiger partial charge in [-0.1, -0.05) is 13.3 Å². The summed E-state index contributed by atoms with van der Waals surface area (Å²) >= 11 is 0. The topological polar surface area (TPSA) is 67.8 Å². The van der Waals surface area contributed by atoms with Crippen molar-refractivity contribution in [1.29, 1.82) is 0 Å². The van der Waals surface area contributed by atoms with Crippen LogP contribution in [0.2, 0.25) is 0 Å². The first-order valence-corrected chi connectivity index (χ1v) is 8.49. The normalized spacial score (nSPS) is 11.3. The molecule has 1 aromatic heterocycles. The number of guanidine groups is 1. The third-order valence-corrected chi connectivity index (χ3v) is 3.00. The van der Waals surface area contributed by atoms with Gasteiger partial charge in [0.15, 0.2) is 5.96 Å². The fraction of sp³-hybridized carbons (Fsp3) is 0.647. The summed E-state index contributed by atoms with van der Waals surface area (Å²) in [6, 6.07) is 3.75. The van der Waals surface area contributed by atoms with Gasteiger partial charge in [-0.15, -0.1) is 0 Å². The average molecular weight is 322 g/mol. The molecule has 0 amide bonds.